The van der Waals surface area contributed by atoms with Crippen molar-refractivity contribution in [3.63, 3.8) is 0 Å². The third kappa shape index (κ3) is 1.79. The van der Waals surface area contributed by atoms with Crippen LogP contribution < -0.4 is 0 Å². The first-order valence-electron chi connectivity index (χ1n) is 3.82. The molecule has 0 fully saturated rings. The minimum Gasteiger partial charge on any atom is -0.383 e. The zero-order chi connectivity index (χ0) is 9.26. The fraction of sp³-hybridized carbons (Fsp3) is 0.111. The van der Waals surface area contributed by atoms with Crippen LogP contribution in [0.1, 0.15) is 16.5 Å². The number of nitrogens with one attached hydrogen (secondary N) is 1. The lowest BCUT2D eigenvalue weighted by molar-refractivity contribution is 0.223. The molecular weight excluding hydrogens is 297 g/mol. The van der Waals surface area contributed by atoms with Crippen molar-refractivity contribution in [2.75, 3.05) is 0 Å². The van der Waals surface area contributed by atoms with Crippen LogP contribution in [0.4, 0.5) is 0 Å². The summed E-state index contributed by atoms with van der Waals surface area (Å²) in [5.41, 5.74) is 0.917. The van der Waals surface area contributed by atoms with E-state index in [9.17, 15) is 5.11 Å². The molecule has 2 rings (SSSR count). The average Bonchev–Trinajstić information content (AvgIpc) is 2.72. The molecule has 0 bridgehead atoms. The van der Waals surface area contributed by atoms with E-state index in [4.69, 9.17) is 0 Å². The van der Waals surface area contributed by atoms with E-state index in [0.717, 1.165) is 14.0 Å². The van der Waals surface area contributed by atoms with E-state index in [2.05, 4.69) is 27.6 Å². The molecule has 0 saturated heterocycles. The zero-order valence-electron chi connectivity index (χ0n) is 6.70. The van der Waals surface area contributed by atoms with Gasteiger partial charge in [-0.1, -0.05) is 0 Å². The molecule has 68 valence electrons. The van der Waals surface area contributed by atoms with E-state index < -0.39 is 6.10 Å². The Hall–Kier alpha value is -0.330. The molecule has 0 aliphatic heterocycles. The Labute approximate surface area is 93.8 Å². The van der Waals surface area contributed by atoms with Gasteiger partial charge in [0.2, 0.25) is 0 Å². The number of aromatic nitrogens is 1. The highest BCUT2D eigenvalue weighted by atomic mass is 127. The summed E-state index contributed by atoms with van der Waals surface area (Å²) in [7, 11) is 0. The van der Waals surface area contributed by atoms with Gasteiger partial charge in [0.05, 0.1) is 4.88 Å². The highest BCUT2D eigenvalue weighted by Crippen LogP contribution is 2.30. The summed E-state index contributed by atoms with van der Waals surface area (Å²) in [6.45, 7) is 0. The number of aliphatic hydroxyl groups is 1. The van der Waals surface area contributed by atoms with Crippen LogP contribution in [0.3, 0.4) is 0 Å². The fourth-order valence-corrected chi connectivity index (χ4v) is 3.06. The van der Waals surface area contributed by atoms with E-state index in [1.54, 1.807) is 11.3 Å². The molecule has 2 aromatic rings. The van der Waals surface area contributed by atoms with E-state index in [1.165, 1.54) is 0 Å². The van der Waals surface area contributed by atoms with E-state index in [0.29, 0.717) is 0 Å². The topological polar surface area (TPSA) is 36.0 Å². The fourth-order valence-electron chi connectivity index (χ4n) is 1.16. The third-order valence-corrected chi connectivity index (χ3v) is 4.11. The number of hydrogen-bond acceptors (Lipinski definition) is 2. The largest absolute Gasteiger partial charge is 0.383 e. The summed E-state index contributed by atoms with van der Waals surface area (Å²) in [6, 6.07) is 3.90. The Kier molecular flexibility index (Phi) is 2.71. The first-order valence-corrected chi connectivity index (χ1v) is 5.78. The van der Waals surface area contributed by atoms with Gasteiger partial charge in [-0.05, 0) is 40.1 Å². The number of halogens is 1. The zero-order valence-corrected chi connectivity index (χ0v) is 9.67. The molecular formula is C9H8INOS. The Bertz CT molecular complexity index is 382. The lowest BCUT2D eigenvalue weighted by Crippen LogP contribution is -1.96. The molecule has 0 aromatic carbocycles. The maximum atomic E-state index is 9.94. The Morgan fingerprint density at radius 3 is 2.85 bits per heavy atom. The van der Waals surface area contributed by atoms with Crippen molar-refractivity contribution < 1.29 is 5.11 Å². The first-order chi connectivity index (χ1) is 6.29. The molecule has 2 N–H and O–H groups in total. The molecule has 2 heterocycles. The second-order valence-corrected chi connectivity index (χ2v) is 4.79. The maximum Gasteiger partial charge on any atom is 0.116 e. The van der Waals surface area contributed by atoms with Gasteiger partial charge in [-0.3, -0.25) is 0 Å². The van der Waals surface area contributed by atoms with Crippen LogP contribution in [0.2, 0.25) is 0 Å². The van der Waals surface area contributed by atoms with Crippen molar-refractivity contribution >= 4 is 33.9 Å². The first kappa shape index (κ1) is 9.23. The average molecular weight is 305 g/mol. The third-order valence-electron chi connectivity index (χ3n) is 1.83. The van der Waals surface area contributed by atoms with Crippen LogP contribution in [-0.4, -0.2) is 10.1 Å². The summed E-state index contributed by atoms with van der Waals surface area (Å²) in [4.78, 5) is 3.95. The lowest BCUT2D eigenvalue weighted by Gasteiger charge is -2.06. The molecule has 0 spiro atoms. The predicted molar refractivity (Wildman–Crippen MR) is 61.9 cm³/mol. The number of thiophene rings is 1. The lowest BCUT2D eigenvalue weighted by atomic mass is 10.2. The van der Waals surface area contributed by atoms with Crippen LogP contribution in [0.25, 0.3) is 0 Å². The number of aliphatic hydroxyl groups excluding tert-OH is 1. The van der Waals surface area contributed by atoms with Crippen molar-refractivity contribution in [3.05, 3.63) is 43.9 Å². The summed E-state index contributed by atoms with van der Waals surface area (Å²) in [6.07, 6.45) is 3.15. The van der Waals surface area contributed by atoms with Gasteiger partial charge in [-0.15, -0.1) is 11.3 Å². The van der Waals surface area contributed by atoms with Gasteiger partial charge in [0, 0.05) is 21.5 Å². The SMILES string of the molecule is OC(c1cc[nH]c1)c1sccc1I. The van der Waals surface area contributed by atoms with Crippen LogP contribution in [0.5, 0.6) is 0 Å². The molecule has 0 aliphatic rings. The van der Waals surface area contributed by atoms with E-state index in [-0.39, 0.29) is 0 Å². The summed E-state index contributed by atoms with van der Waals surface area (Å²) >= 11 is 3.82. The number of rotatable bonds is 2. The molecule has 4 heteroatoms. The standard InChI is InChI=1S/C9H8INOS/c10-7-2-4-13-9(7)8(12)6-1-3-11-5-6/h1-5,8,11-12H. The van der Waals surface area contributed by atoms with Crippen molar-refractivity contribution in [2.24, 2.45) is 0 Å². The quantitative estimate of drug-likeness (QED) is 0.822. The Morgan fingerprint density at radius 1 is 1.46 bits per heavy atom. The molecule has 0 radical (unpaired) electrons. The minimum absolute atomic E-state index is 0.488. The van der Waals surface area contributed by atoms with Crippen LogP contribution in [0.15, 0.2) is 29.9 Å². The molecule has 0 aliphatic carbocycles. The monoisotopic (exact) mass is 305 g/mol. The van der Waals surface area contributed by atoms with Crippen molar-refractivity contribution in [2.45, 2.75) is 6.10 Å². The molecule has 0 saturated carbocycles. The van der Waals surface area contributed by atoms with Gasteiger partial charge in [-0.25, -0.2) is 0 Å². The number of H-pyrrole nitrogens is 1. The van der Waals surface area contributed by atoms with Gasteiger partial charge in [0.25, 0.3) is 0 Å². The van der Waals surface area contributed by atoms with E-state index >= 15 is 0 Å². The second-order valence-electron chi connectivity index (χ2n) is 2.68. The molecule has 2 aromatic heterocycles. The summed E-state index contributed by atoms with van der Waals surface area (Å²) < 4.78 is 1.12. The molecule has 1 atom stereocenters. The highest BCUT2D eigenvalue weighted by molar-refractivity contribution is 14.1. The van der Waals surface area contributed by atoms with Crippen LogP contribution in [0, 0.1) is 3.57 Å². The highest BCUT2D eigenvalue weighted by Gasteiger charge is 2.14. The number of hydrogen-bond donors (Lipinski definition) is 2. The molecule has 13 heavy (non-hydrogen) atoms. The molecule has 1 unspecified atom stereocenters. The summed E-state index contributed by atoms with van der Waals surface area (Å²) in [5.74, 6) is 0. The van der Waals surface area contributed by atoms with Gasteiger partial charge in [0.15, 0.2) is 0 Å². The van der Waals surface area contributed by atoms with Gasteiger partial charge >= 0.3 is 0 Å². The smallest absolute Gasteiger partial charge is 0.116 e. The molecule has 2 nitrogen and oxygen atoms in total. The van der Waals surface area contributed by atoms with Crippen molar-refractivity contribution in [3.8, 4) is 0 Å². The van der Waals surface area contributed by atoms with E-state index in [1.807, 2.05) is 29.9 Å². The number of aromatic amines is 1. The summed E-state index contributed by atoms with van der Waals surface area (Å²) in [5, 5.41) is 11.9. The maximum absolute atomic E-state index is 9.94. The Balaban J connectivity index is 2.33. The van der Waals surface area contributed by atoms with Gasteiger partial charge in [-0.2, -0.15) is 0 Å². The van der Waals surface area contributed by atoms with Crippen molar-refractivity contribution in [1.82, 2.24) is 4.98 Å². The van der Waals surface area contributed by atoms with Crippen LogP contribution in [-0.2, 0) is 0 Å². The van der Waals surface area contributed by atoms with Crippen LogP contribution >= 0.6 is 33.9 Å². The second kappa shape index (κ2) is 3.81. The minimum atomic E-state index is -0.488. The normalized spacial score (nSPS) is 13.1. The molecule has 0 amide bonds. The predicted octanol–water partition coefficient (Wildman–Crippen LogP) is 2.76. The Morgan fingerprint density at radius 2 is 2.31 bits per heavy atom. The van der Waals surface area contributed by atoms with Gasteiger partial charge in [0.1, 0.15) is 6.10 Å². The van der Waals surface area contributed by atoms with Gasteiger partial charge < -0.3 is 10.1 Å². The van der Waals surface area contributed by atoms with Crippen molar-refractivity contribution in [1.29, 1.82) is 0 Å².